The van der Waals surface area contributed by atoms with E-state index in [-0.39, 0.29) is 5.56 Å². The lowest BCUT2D eigenvalue weighted by Crippen LogP contribution is -2.26. The minimum absolute atomic E-state index is 0.198. The molecule has 3 heterocycles. The number of imidazole rings is 1. The number of pyridine rings is 1. The van der Waals surface area contributed by atoms with E-state index in [1.807, 2.05) is 6.92 Å². The predicted octanol–water partition coefficient (Wildman–Crippen LogP) is 5.02. The molecule has 0 radical (unpaired) electrons. The second-order valence-corrected chi connectivity index (χ2v) is 9.49. The molecule has 154 valence electrons. The molecule has 29 heavy (non-hydrogen) atoms. The highest BCUT2D eigenvalue weighted by atomic mass is 35.5. The van der Waals surface area contributed by atoms with Crippen molar-refractivity contribution in [3.63, 3.8) is 0 Å². The molecule has 0 unspecified atom stereocenters. The maximum Gasteiger partial charge on any atom is 0.277 e. The summed E-state index contributed by atoms with van der Waals surface area (Å²) in [7, 11) is 0. The Morgan fingerprint density at radius 1 is 1.24 bits per heavy atom. The Hall–Kier alpha value is -2.21. The van der Waals surface area contributed by atoms with Gasteiger partial charge >= 0.3 is 0 Å². The zero-order chi connectivity index (χ0) is 20.8. The molecule has 0 spiro atoms. The predicted molar refractivity (Wildman–Crippen MR) is 115 cm³/mol. The third-order valence-electron chi connectivity index (χ3n) is 6.23. The SMILES string of the molecule is CCc1nc([C@H]2CC[C@@H](C(C)(C)C)CC2)n2nc(-c3ncccc3Cl)[nH]c(=O)c12. The van der Waals surface area contributed by atoms with Crippen molar-refractivity contribution in [2.45, 2.75) is 65.7 Å². The van der Waals surface area contributed by atoms with E-state index < -0.39 is 0 Å². The van der Waals surface area contributed by atoms with Crippen LogP contribution in [-0.2, 0) is 6.42 Å². The fourth-order valence-corrected chi connectivity index (χ4v) is 4.70. The highest BCUT2D eigenvalue weighted by molar-refractivity contribution is 6.32. The van der Waals surface area contributed by atoms with Gasteiger partial charge in [0.05, 0.1) is 10.7 Å². The van der Waals surface area contributed by atoms with Gasteiger partial charge in [0.2, 0.25) is 0 Å². The summed E-state index contributed by atoms with van der Waals surface area (Å²) in [6, 6.07) is 3.50. The van der Waals surface area contributed by atoms with E-state index in [1.165, 1.54) is 12.8 Å². The molecule has 7 heteroatoms. The van der Waals surface area contributed by atoms with Gasteiger partial charge in [-0.3, -0.25) is 9.78 Å². The zero-order valence-electron chi connectivity index (χ0n) is 17.5. The summed E-state index contributed by atoms with van der Waals surface area (Å²) in [5, 5.41) is 5.19. The molecule has 0 aliphatic heterocycles. The van der Waals surface area contributed by atoms with Crippen LogP contribution in [0.4, 0.5) is 0 Å². The lowest BCUT2D eigenvalue weighted by atomic mass is 9.70. The van der Waals surface area contributed by atoms with Gasteiger partial charge in [-0.2, -0.15) is 0 Å². The number of rotatable bonds is 3. The van der Waals surface area contributed by atoms with Crippen LogP contribution in [0, 0.1) is 11.3 Å². The molecule has 0 saturated heterocycles. The van der Waals surface area contributed by atoms with E-state index >= 15 is 0 Å². The van der Waals surface area contributed by atoms with Crippen LogP contribution in [0.5, 0.6) is 0 Å². The van der Waals surface area contributed by atoms with Crippen LogP contribution in [0.2, 0.25) is 5.02 Å². The first-order valence-corrected chi connectivity index (χ1v) is 10.8. The van der Waals surface area contributed by atoms with E-state index in [2.05, 4.69) is 30.7 Å². The maximum atomic E-state index is 12.9. The Bertz CT molecular complexity index is 1090. The van der Waals surface area contributed by atoms with Gasteiger partial charge in [-0.25, -0.2) is 9.50 Å². The van der Waals surface area contributed by atoms with E-state index in [0.717, 1.165) is 30.3 Å². The van der Waals surface area contributed by atoms with Crippen molar-refractivity contribution in [1.29, 1.82) is 0 Å². The smallest absolute Gasteiger partial charge is 0.277 e. The largest absolute Gasteiger partial charge is 0.302 e. The van der Waals surface area contributed by atoms with Gasteiger partial charge in [0.1, 0.15) is 11.5 Å². The monoisotopic (exact) mass is 413 g/mol. The number of H-pyrrole nitrogens is 1. The minimum atomic E-state index is -0.198. The summed E-state index contributed by atoms with van der Waals surface area (Å²) in [4.78, 5) is 24.9. The van der Waals surface area contributed by atoms with E-state index in [1.54, 1.807) is 22.8 Å². The summed E-state index contributed by atoms with van der Waals surface area (Å²) >= 11 is 6.29. The Labute approximate surface area is 175 Å². The number of hydrogen-bond acceptors (Lipinski definition) is 4. The summed E-state index contributed by atoms with van der Waals surface area (Å²) in [5.41, 5.74) is 1.94. The van der Waals surface area contributed by atoms with Gasteiger partial charge < -0.3 is 4.98 Å². The lowest BCUT2D eigenvalue weighted by Gasteiger charge is -2.36. The average Bonchev–Trinajstić information content (AvgIpc) is 3.07. The Morgan fingerprint density at radius 2 is 1.97 bits per heavy atom. The molecule has 1 aliphatic rings. The molecule has 6 nitrogen and oxygen atoms in total. The number of nitrogens with zero attached hydrogens (tertiary/aromatic N) is 4. The second-order valence-electron chi connectivity index (χ2n) is 9.08. The van der Waals surface area contributed by atoms with Crippen molar-refractivity contribution < 1.29 is 0 Å². The molecular weight excluding hydrogens is 386 g/mol. The third kappa shape index (κ3) is 3.70. The molecule has 3 aromatic heterocycles. The van der Waals surface area contributed by atoms with Crippen molar-refractivity contribution >= 4 is 17.1 Å². The first kappa shape index (κ1) is 20.1. The van der Waals surface area contributed by atoms with Crippen LogP contribution >= 0.6 is 11.6 Å². The number of halogens is 1. The standard InChI is InChI=1S/C22H28ClN5O/c1-5-16-18-21(29)26-19(17-15(23)7-6-12-24-17)27-28(18)20(25-16)13-8-10-14(11-9-13)22(2,3)4/h6-7,12-14H,5,8-11H2,1-4H3,(H,26,27,29)/t13-,14+. The highest BCUT2D eigenvalue weighted by Crippen LogP contribution is 2.43. The van der Waals surface area contributed by atoms with Crippen LogP contribution in [0.25, 0.3) is 17.0 Å². The van der Waals surface area contributed by atoms with Gasteiger partial charge in [0.25, 0.3) is 5.56 Å². The topological polar surface area (TPSA) is 75.9 Å². The van der Waals surface area contributed by atoms with E-state index in [9.17, 15) is 4.79 Å². The van der Waals surface area contributed by atoms with E-state index in [4.69, 9.17) is 21.7 Å². The number of hydrogen-bond donors (Lipinski definition) is 1. The maximum absolute atomic E-state index is 12.9. The summed E-state index contributed by atoms with van der Waals surface area (Å²) in [6.45, 7) is 8.98. The van der Waals surface area contributed by atoms with Crippen molar-refractivity contribution in [2.75, 3.05) is 0 Å². The van der Waals surface area contributed by atoms with Gasteiger partial charge in [-0.15, -0.1) is 5.10 Å². The number of aromatic nitrogens is 5. The lowest BCUT2D eigenvalue weighted by molar-refractivity contribution is 0.167. The molecule has 1 saturated carbocycles. The summed E-state index contributed by atoms with van der Waals surface area (Å²) < 4.78 is 1.75. The zero-order valence-corrected chi connectivity index (χ0v) is 18.3. The Balaban J connectivity index is 1.79. The first-order chi connectivity index (χ1) is 13.8. The molecule has 0 atom stereocenters. The van der Waals surface area contributed by atoms with Crippen LogP contribution in [-0.4, -0.2) is 24.6 Å². The third-order valence-corrected chi connectivity index (χ3v) is 6.54. The van der Waals surface area contributed by atoms with Crippen LogP contribution in [0.15, 0.2) is 23.1 Å². The molecule has 0 amide bonds. The molecule has 0 bridgehead atoms. The van der Waals surface area contributed by atoms with Gasteiger partial charge in [0.15, 0.2) is 11.3 Å². The van der Waals surface area contributed by atoms with Crippen molar-refractivity contribution in [1.82, 2.24) is 24.6 Å². The molecular formula is C22H28ClN5O. The van der Waals surface area contributed by atoms with Crippen LogP contribution < -0.4 is 5.56 Å². The minimum Gasteiger partial charge on any atom is -0.302 e. The molecule has 4 rings (SSSR count). The highest BCUT2D eigenvalue weighted by Gasteiger charge is 2.32. The first-order valence-electron chi connectivity index (χ1n) is 10.4. The summed E-state index contributed by atoms with van der Waals surface area (Å²) in [5.74, 6) is 2.29. The van der Waals surface area contributed by atoms with Crippen molar-refractivity contribution in [3.05, 3.63) is 45.2 Å². The number of aryl methyl sites for hydroxylation is 1. The van der Waals surface area contributed by atoms with Gasteiger partial charge in [0, 0.05) is 12.1 Å². The number of nitrogens with one attached hydrogen (secondary N) is 1. The Kier molecular flexibility index (Phi) is 5.23. The van der Waals surface area contributed by atoms with Gasteiger partial charge in [-0.05, 0) is 55.6 Å². The molecule has 1 N–H and O–H groups in total. The summed E-state index contributed by atoms with van der Waals surface area (Å²) in [6.07, 6.45) is 6.82. The number of fused-ring (bicyclic) bond motifs is 1. The average molecular weight is 414 g/mol. The second kappa shape index (κ2) is 7.56. The van der Waals surface area contributed by atoms with Crippen LogP contribution in [0.3, 0.4) is 0 Å². The fourth-order valence-electron chi connectivity index (χ4n) is 4.49. The van der Waals surface area contributed by atoms with Crippen LogP contribution in [0.1, 0.15) is 70.8 Å². The van der Waals surface area contributed by atoms with Gasteiger partial charge in [-0.1, -0.05) is 39.3 Å². The normalized spacial score (nSPS) is 20.3. The molecule has 1 fully saturated rings. The quantitative estimate of drug-likeness (QED) is 0.654. The molecule has 0 aromatic carbocycles. The van der Waals surface area contributed by atoms with Crippen molar-refractivity contribution in [2.24, 2.45) is 11.3 Å². The Morgan fingerprint density at radius 3 is 2.59 bits per heavy atom. The molecule has 1 aliphatic carbocycles. The van der Waals surface area contributed by atoms with Crippen molar-refractivity contribution in [3.8, 4) is 11.5 Å². The molecule has 3 aromatic rings. The fraction of sp³-hybridized carbons (Fsp3) is 0.545. The van der Waals surface area contributed by atoms with E-state index in [0.29, 0.717) is 39.8 Å². The number of aromatic amines is 1.